The summed E-state index contributed by atoms with van der Waals surface area (Å²) >= 11 is 0. The van der Waals surface area contributed by atoms with Gasteiger partial charge in [0.1, 0.15) is 0 Å². The Morgan fingerprint density at radius 1 is 1.33 bits per heavy atom. The molecule has 2 nitrogen and oxygen atoms in total. The Morgan fingerprint density at radius 3 is 2.53 bits per heavy atom. The Hall–Kier alpha value is -1.12. The standard InChI is InChI=1S/C13H19NO/c1-11(15)4-5-13-8-6-12(7-9-13)3-2-10-14/h2-3,6-9,11,15H,4-5,10,14H2,1H3/b3-2+. The molecule has 15 heavy (non-hydrogen) atoms. The molecule has 1 unspecified atom stereocenters. The highest BCUT2D eigenvalue weighted by Crippen LogP contribution is 2.09. The lowest BCUT2D eigenvalue weighted by atomic mass is 10.1. The third kappa shape index (κ3) is 4.77. The molecule has 0 amide bonds. The Balaban J connectivity index is 2.52. The SMILES string of the molecule is CC(O)CCc1ccc(/C=C/CN)cc1. The third-order valence-electron chi connectivity index (χ3n) is 2.28. The molecule has 0 aliphatic rings. The van der Waals surface area contributed by atoms with Crippen LogP contribution in [-0.4, -0.2) is 17.8 Å². The first-order chi connectivity index (χ1) is 7.22. The van der Waals surface area contributed by atoms with Crippen LogP contribution in [0.25, 0.3) is 6.08 Å². The number of aliphatic hydroxyl groups is 1. The van der Waals surface area contributed by atoms with Crippen LogP contribution >= 0.6 is 0 Å². The minimum atomic E-state index is -0.221. The molecular weight excluding hydrogens is 186 g/mol. The quantitative estimate of drug-likeness (QED) is 0.772. The van der Waals surface area contributed by atoms with E-state index in [1.807, 2.05) is 19.1 Å². The fraction of sp³-hybridized carbons (Fsp3) is 0.385. The summed E-state index contributed by atoms with van der Waals surface area (Å²) in [6.45, 7) is 2.39. The molecular formula is C13H19NO. The molecule has 1 aromatic rings. The number of aliphatic hydroxyl groups excluding tert-OH is 1. The van der Waals surface area contributed by atoms with Crippen molar-refractivity contribution < 1.29 is 5.11 Å². The van der Waals surface area contributed by atoms with Crippen molar-refractivity contribution in [2.45, 2.75) is 25.9 Å². The fourth-order valence-corrected chi connectivity index (χ4v) is 1.38. The first kappa shape index (κ1) is 12.0. The normalized spacial score (nSPS) is 13.3. The topological polar surface area (TPSA) is 46.2 Å². The van der Waals surface area contributed by atoms with E-state index >= 15 is 0 Å². The molecule has 0 aromatic heterocycles. The van der Waals surface area contributed by atoms with Crippen molar-refractivity contribution in [2.75, 3.05) is 6.54 Å². The highest BCUT2D eigenvalue weighted by Gasteiger charge is 1.97. The van der Waals surface area contributed by atoms with Crippen molar-refractivity contribution in [3.63, 3.8) is 0 Å². The van der Waals surface area contributed by atoms with Crippen LogP contribution in [0.1, 0.15) is 24.5 Å². The van der Waals surface area contributed by atoms with Crippen molar-refractivity contribution in [1.29, 1.82) is 0 Å². The van der Waals surface area contributed by atoms with Gasteiger partial charge >= 0.3 is 0 Å². The second-order valence-corrected chi connectivity index (χ2v) is 3.77. The van der Waals surface area contributed by atoms with Crippen molar-refractivity contribution in [1.82, 2.24) is 0 Å². The van der Waals surface area contributed by atoms with Gasteiger partial charge in [-0.2, -0.15) is 0 Å². The van der Waals surface area contributed by atoms with E-state index in [0.29, 0.717) is 6.54 Å². The van der Waals surface area contributed by atoms with Gasteiger partial charge < -0.3 is 10.8 Å². The van der Waals surface area contributed by atoms with Crippen LogP contribution in [0.4, 0.5) is 0 Å². The van der Waals surface area contributed by atoms with Crippen LogP contribution in [-0.2, 0) is 6.42 Å². The number of hydrogen-bond acceptors (Lipinski definition) is 2. The zero-order chi connectivity index (χ0) is 11.1. The molecule has 0 saturated carbocycles. The molecule has 0 radical (unpaired) electrons. The molecule has 0 spiro atoms. The largest absolute Gasteiger partial charge is 0.393 e. The van der Waals surface area contributed by atoms with Crippen LogP contribution in [0.2, 0.25) is 0 Å². The molecule has 1 aromatic carbocycles. The first-order valence-electron chi connectivity index (χ1n) is 5.36. The summed E-state index contributed by atoms with van der Waals surface area (Å²) in [5, 5.41) is 9.16. The zero-order valence-corrected chi connectivity index (χ0v) is 9.19. The Bertz CT molecular complexity index is 301. The maximum absolute atomic E-state index is 9.16. The van der Waals surface area contributed by atoms with E-state index in [4.69, 9.17) is 10.8 Å². The Labute approximate surface area is 91.4 Å². The summed E-state index contributed by atoms with van der Waals surface area (Å²) in [5.74, 6) is 0. The van der Waals surface area contributed by atoms with Crippen molar-refractivity contribution in [3.05, 3.63) is 41.5 Å². The summed E-state index contributed by atoms with van der Waals surface area (Å²) < 4.78 is 0. The molecule has 3 N–H and O–H groups in total. The minimum Gasteiger partial charge on any atom is -0.393 e. The predicted octanol–water partition coefficient (Wildman–Crippen LogP) is 1.97. The predicted molar refractivity (Wildman–Crippen MR) is 64.5 cm³/mol. The average molecular weight is 205 g/mol. The van der Waals surface area contributed by atoms with Gasteiger partial charge in [0, 0.05) is 6.54 Å². The van der Waals surface area contributed by atoms with Crippen molar-refractivity contribution >= 4 is 6.08 Å². The van der Waals surface area contributed by atoms with E-state index in [9.17, 15) is 0 Å². The third-order valence-corrected chi connectivity index (χ3v) is 2.28. The second kappa shape index (κ2) is 6.38. The van der Waals surface area contributed by atoms with Crippen LogP contribution in [0.3, 0.4) is 0 Å². The lowest BCUT2D eigenvalue weighted by Crippen LogP contribution is -2.01. The van der Waals surface area contributed by atoms with Gasteiger partial charge in [0.05, 0.1) is 6.10 Å². The first-order valence-corrected chi connectivity index (χ1v) is 5.36. The van der Waals surface area contributed by atoms with E-state index in [0.717, 1.165) is 12.8 Å². The van der Waals surface area contributed by atoms with E-state index in [2.05, 4.69) is 24.3 Å². The monoisotopic (exact) mass is 205 g/mol. The van der Waals surface area contributed by atoms with E-state index in [1.54, 1.807) is 0 Å². The average Bonchev–Trinajstić information content (AvgIpc) is 2.25. The van der Waals surface area contributed by atoms with Gasteiger partial charge in [-0.05, 0) is 30.9 Å². The van der Waals surface area contributed by atoms with Crippen LogP contribution in [0, 0.1) is 0 Å². The number of nitrogens with two attached hydrogens (primary N) is 1. The summed E-state index contributed by atoms with van der Waals surface area (Å²) in [5.41, 5.74) is 7.81. The molecule has 0 saturated heterocycles. The van der Waals surface area contributed by atoms with E-state index < -0.39 is 0 Å². The van der Waals surface area contributed by atoms with E-state index in [1.165, 1.54) is 11.1 Å². The molecule has 0 bridgehead atoms. The van der Waals surface area contributed by atoms with E-state index in [-0.39, 0.29) is 6.10 Å². The lowest BCUT2D eigenvalue weighted by Gasteiger charge is -2.04. The molecule has 1 rings (SSSR count). The smallest absolute Gasteiger partial charge is 0.0515 e. The van der Waals surface area contributed by atoms with Gasteiger partial charge in [0.25, 0.3) is 0 Å². The van der Waals surface area contributed by atoms with Crippen LogP contribution in [0.15, 0.2) is 30.3 Å². The number of benzene rings is 1. The molecule has 0 heterocycles. The minimum absolute atomic E-state index is 0.221. The van der Waals surface area contributed by atoms with Crippen LogP contribution < -0.4 is 5.73 Å². The molecule has 0 fully saturated rings. The van der Waals surface area contributed by atoms with Crippen molar-refractivity contribution in [2.24, 2.45) is 5.73 Å². The summed E-state index contributed by atoms with van der Waals surface area (Å²) in [6, 6.07) is 8.34. The van der Waals surface area contributed by atoms with Gasteiger partial charge in [-0.1, -0.05) is 36.4 Å². The number of rotatable bonds is 5. The molecule has 0 aliphatic carbocycles. The summed E-state index contributed by atoms with van der Waals surface area (Å²) in [7, 11) is 0. The molecule has 1 atom stereocenters. The maximum Gasteiger partial charge on any atom is 0.0515 e. The highest BCUT2D eigenvalue weighted by atomic mass is 16.3. The van der Waals surface area contributed by atoms with Gasteiger partial charge in [0.2, 0.25) is 0 Å². The maximum atomic E-state index is 9.16. The Morgan fingerprint density at radius 2 is 2.00 bits per heavy atom. The van der Waals surface area contributed by atoms with Gasteiger partial charge in [-0.25, -0.2) is 0 Å². The fourth-order valence-electron chi connectivity index (χ4n) is 1.38. The number of hydrogen-bond donors (Lipinski definition) is 2. The lowest BCUT2D eigenvalue weighted by molar-refractivity contribution is 0.185. The zero-order valence-electron chi connectivity index (χ0n) is 9.19. The Kier molecular flexibility index (Phi) is 5.08. The van der Waals surface area contributed by atoms with Gasteiger partial charge in [-0.3, -0.25) is 0 Å². The second-order valence-electron chi connectivity index (χ2n) is 3.77. The highest BCUT2D eigenvalue weighted by molar-refractivity contribution is 5.49. The van der Waals surface area contributed by atoms with Crippen LogP contribution in [0.5, 0.6) is 0 Å². The summed E-state index contributed by atoms with van der Waals surface area (Å²) in [6.07, 6.45) is 5.47. The molecule has 82 valence electrons. The van der Waals surface area contributed by atoms with Gasteiger partial charge in [-0.15, -0.1) is 0 Å². The number of aryl methyl sites for hydroxylation is 1. The summed E-state index contributed by atoms with van der Waals surface area (Å²) in [4.78, 5) is 0. The van der Waals surface area contributed by atoms with Gasteiger partial charge in [0.15, 0.2) is 0 Å². The molecule has 0 aliphatic heterocycles. The van der Waals surface area contributed by atoms with Crippen molar-refractivity contribution in [3.8, 4) is 0 Å². The molecule has 2 heteroatoms.